The summed E-state index contributed by atoms with van der Waals surface area (Å²) < 4.78 is 0. The van der Waals surface area contributed by atoms with Crippen molar-refractivity contribution in [1.82, 2.24) is 0 Å². The molecular formula is C20H18Cl2. The van der Waals surface area contributed by atoms with Gasteiger partial charge in [-0.25, -0.2) is 0 Å². The molecule has 0 unspecified atom stereocenters. The Morgan fingerprint density at radius 3 is 1.86 bits per heavy atom. The Hall–Kier alpha value is -1.50. The van der Waals surface area contributed by atoms with Crippen LogP contribution in [0.4, 0.5) is 0 Å². The highest BCUT2D eigenvalue weighted by molar-refractivity contribution is 6.48. The van der Waals surface area contributed by atoms with Crippen LogP contribution in [0.5, 0.6) is 0 Å². The zero-order valence-electron chi connectivity index (χ0n) is 12.8. The second kappa shape index (κ2) is 6.32. The second-order valence-electron chi connectivity index (χ2n) is 5.82. The third-order valence-corrected chi connectivity index (χ3v) is 5.05. The molecule has 0 spiro atoms. The largest absolute Gasteiger partial charge is 0.0824 e. The summed E-state index contributed by atoms with van der Waals surface area (Å²) in [5.74, 6) is 0. The first-order valence-corrected chi connectivity index (χ1v) is 8.23. The highest BCUT2D eigenvalue weighted by Gasteiger charge is 2.21. The fraction of sp³-hybridized carbons (Fsp3) is 0.200. The van der Waals surface area contributed by atoms with Crippen LogP contribution in [-0.2, 0) is 0 Å². The van der Waals surface area contributed by atoms with Gasteiger partial charge in [0.15, 0.2) is 0 Å². The topological polar surface area (TPSA) is 0 Å². The summed E-state index contributed by atoms with van der Waals surface area (Å²) in [6.07, 6.45) is 1.84. The summed E-state index contributed by atoms with van der Waals surface area (Å²) in [5, 5.41) is 1.38. The fourth-order valence-corrected chi connectivity index (χ4v) is 3.50. The van der Waals surface area contributed by atoms with Crippen molar-refractivity contribution in [2.75, 3.05) is 0 Å². The van der Waals surface area contributed by atoms with Crippen LogP contribution in [0.15, 0.2) is 58.6 Å². The Balaban J connectivity index is 2.05. The van der Waals surface area contributed by atoms with E-state index >= 15 is 0 Å². The van der Waals surface area contributed by atoms with Crippen molar-refractivity contribution in [2.45, 2.75) is 26.7 Å². The number of halogens is 2. The van der Waals surface area contributed by atoms with Crippen LogP contribution in [0.1, 0.15) is 35.1 Å². The van der Waals surface area contributed by atoms with E-state index in [2.05, 4.69) is 62.4 Å². The Kier molecular flexibility index (Phi) is 4.42. The number of rotatable bonds is 2. The normalized spacial score (nSPS) is 15.5. The fourth-order valence-electron chi connectivity index (χ4n) is 2.86. The Morgan fingerprint density at radius 2 is 1.27 bits per heavy atom. The summed E-state index contributed by atoms with van der Waals surface area (Å²) in [6, 6.07) is 16.9. The first kappa shape index (κ1) is 15.4. The second-order valence-corrected chi connectivity index (χ2v) is 6.58. The summed E-state index contributed by atoms with van der Waals surface area (Å²) in [7, 11) is 0. The van der Waals surface area contributed by atoms with Crippen LogP contribution in [0, 0.1) is 13.8 Å². The molecule has 0 N–H and O–H groups in total. The van der Waals surface area contributed by atoms with Crippen molar-refractivity contribution < 1.29 is 0 Å². The van der Waals surface area contributed by atoms with Gasteiger partial charge in [0.05, 0.1) is 10.1 Å². The molecule has 2 aromatic carbocycles. The molecule has 0 fully saturated rings. The monoisotopic (exact) mass is 328 g/mol. The minimum Gasteiger partial charge on any atom is -0.0824 e. The minimum absolute atomic E-state index is 0.688. The van der Waals surface area contributed by atoms with Crippen LogP contribution in [-0.4, -0.2) is 0 Å². The van der Waals surface area contributed by atoms with Gasteiger partial charge in [0.1, 0.15) is 0 Å². The maximum absolute atomic E-state index is 6.59. The Morgan fingerprint density at radius 1 is 0.682 bits per heavy atom. The zero-order valence-corrected chi connectivity index (χ0v) is 14.3. The van der Waals surface area contributed by atoms with Gasteiger partial charge in [-0.3, -0.25) is 0 Å². The molecule has 2 aromatic rings. The highest BCUT2D eigenvalue weighted by Crippen LogP contribution is 2.43. The SMILES string of the molecule is Cc1ccc(C2=C(Cl)C(Cl)=C(c3cccc(C)c3)CC2)cc1. The van der Waals surface area contributed by atoms with Gasteiger partial charge in [0.25, 0.3) is 0 Å². The smallest absolute Gasteiger partial charge is 0.0633 e. The van der Waals surface area contributed by atoms with Crippen LogP contribution in [0.2, 0.25) is 0 Å². The summed E-state index contributed by atoms with van der Waals surface area (Å²) >= 11 is 13.2. The molecule has 0 atom stereocenters. The van der Waals surface area contributed by atoms with E-state index in [1.165, 1.54) is 16.7 Å². The van der Waals surface area contributed by atoms with Gasteiger partial charge in [-0.1, -0.05) is 82.9 Å². The molecule has 0 radical (unpaired) electrons. The van der Waals surface area contributed by atoms with Crippen LogP contribution < -0.4 is 0 Å². The molecule has 0 aliphatic heterocycles. The number of allylic oxidation sites excluding steroid dienone is 4. The molecule has 1 aliphatic carbocycles. The maximum Gasteiger partial charge on any atom is 0.0633 e. The lowest BCUT2D eigenvalue weighted by atomic mass is 9.89. The Labute approximate surface area is 142 Å². The summed E-state index contributed by atoms with van der Waals surface area (Å²) in [6.45, 7) is 4.18. The van der Waals surface area contributed by atoms with Crippen LogP contribution in [0.3, 0.4) is 0 Å². The average Bonchev–Trinajstić information content (AvgIpc) is 2.51. The molecule has 0 nitrogen and oxygen atoms in total. The molecular weight excluding hydrogens is 311 g/mol. The minimum atomic E-state index is 0.688. The lowest BCUT2D eigenvalue weighted by Crippen LogP contribution is -2.00. The van der Waals surface area contributed by atoms with Gasteiger partial charge in [-0.2, -0.15) is 0 Å². The summed E-state index contributed by atoms with van der Waals surface area (Å²) in [4.78, 5) is 0. The van der Waals surface area contributed by atoms with Gasteiger partial charge in [0, 0.05) is 0 Å². The van der Waals surface area contributed by atoms with Crippen molar-refractivity contribution in [2.24, 2.45) is 0 Å². The first-order valence-electron chi connectivity index (χ1n) is 7.48. The maximum atomic E-state index is 6.59. The van der Waals surface area contributed by atoms with Crippen molar-refractivity contribution in [1.29, 1.82) is 0 Å². The molecule has 0 aromatic heterocycles. The van der Waals surface area contributed by atoms with Crippen LogP contribution >= 0.6 is 23.2 Å². The molecule has 0 bridgehead atoms. The van der Waals surface area contributed by atoms with E-state index in [-0.39, 0.29) is 0 Å². The molecule has 112 valence electrons. The number of hydrogen-bond acceptors (Lipinski definition) is 0. The molecule has 2 heteroatoms. The molecule has 0 heterocycles. The van der Waals surface area contributed by atoms with Crippen molar-refractivity contribution in [3.8, 4) is 0 Å². The van der Waals surface area contributed by atoms with E-state index in [1.807, 2.05) is 0 Å². The van der Waals surface area contributed by atoms with E-state index in [0.717, 1.165) is 29.6 Å². The zero-order chi connectivity index (χ0) is 15.7. The quantitative estimate of drug-likeness (QED) is 0.575. The van der Waals surface area contributed by atoms with E-state index in [9.17, 15) is 0 Å². The molecule has 0 amide bonds. The third kappa shape index (κ3) is 2.99. The summed E-state index contributed by atoms with van der Waals surface area (Å²) in [5.41, 5.74) is 7.11. The van der Waals surface area contributed by atoms with Crippen LogP contribution in [0.25, 0.3) is 11.1 Å². The van der Waals surface area contributed by atoms with Gasteiger partial charge >= 0.3 is 0 Å². The average molecular weight is 329 g/mol. The van der Waals surface area contributed by atoms with E-state index < -0.39 is 0 Å². The first-order chi connectivity index (χ1) is 10.6. The van der Waals surface area contributed by atoms with Gasteiger partial charge in [0.2, 0.25) is 0 Å². The van der Waals surface area contributed by atoms with E-state index in [0.29, 0.717) is 10.1 Å². The Bertz CT molecular complexity index is 765. The van der Waals surface area contributed by atoms with E-state index in [4.69, 9.17) is 23.2 Å². The van der Waals surface area contributed by atoms with Crippen molar-refractivity contribution in [3.63, 3.8) is 0 Å². The molecule has 0 saturated heterocycles. The molecule has 1 aliphatic rings. The molecule has 22 heavy (non-hydrogen) atoms. The standard InChI is InChI=1S/C20H18Cl2/c1-13-6-8-15(9-7-13)17-10-11-18(20(22)19(17)21)16-5-3-4-14(2)12-16/h3-9,12H,10-11H2,1-2H3. The predicted molar refractivity (Wildman–Crippen MR) is 97.1 cm³/mol. The highest BCUT2D eigenvalue weighted by atomic mass is 35.5. The third-order valence-electron chi connectivity index (χ3n) is 4.11. The van der Waals surface area contributed by atoms with Gasteiger partial charge in [-0.15, -0.1) is 0 Å². The van der Waals surface area contributed by atoms with Gasteiger partial charge < -0.3 is 0 Å². The molecule has 3 rings (SSSR count). The van der Waals surface area contributed by atoms with Gasteiger partial charge in [-0.05, 0) is 49.0 Å². The lowest BCUT2D eigenvalue weighted by molar-refractivity contribution is 1.06. The predicted octanol–water partition coefficient (Wildman–Crippen LogP) is 6.70. The number of hydrogen-bond donors (Lipinski definition) is 0. The van der Waals surface area contributed by atoms with Crippen molar-refractivity contribution in [3.05, 3.63) is 80.8 Å². The van der Waals surface area contributed by atoms with E-state index in [1.54, 1.807) is 0 Å². The number of benzene rings is 2. The number of aryl methyl sites for hydroxylation is 2. The molecule has 0 saturated carbocycles. The lowest BCUT2D eigenvalue weighted by Gasteiger charge is -2.21. The van der Waals surface area contributed by atoms with Crippen molar-refractivity contribution >= 4 is 34.3 Å².